The van der Waals surface area contributed by atoms with E-state index in [4.69, 9.17) is 17.3 Å². The zero-order valence-electron chi connectivity index (χ0n) is 14.1. The standard InChI is InChI=1S/C16H19ClN4O3S/c1-4-16(2,13(22)8-19-9-25)21-15(23)10-5-11(7-20-24-3)14(18)12(17)6-10/h5-7H,4,8,18H2,1-3H3,(H,21,23). The summed E-state index contributed by atoms with van der Waals surface area (Å²) in [6.07, 6.45) is 1.72. The number of aliphatic imine (C=N–C) groups is 1. The van der Waals surface area contributed by atoms with E-state index in [9.17, 15) is 9.59 Å². The van der Waals surface area contributed by atoms with Gasteiger partial charge in [-0.2, -0.15) is 0 Å². The molecule has 0 aromatic heterocycles. The van der Waals surface area contributed by atoms with Crippen LogP contribution in [0.15, 0.2) is 22.3 Å². The number of nitrogens with zero attached hydrogens (tertiary/aromatic N) is 2. The van der Waals surface area contributed by atoms with Gasteiger partial charge in [-0.1, -0.05) is 23.7 Å². The van der Waals surface area contributed by atoms with Crippen molar-refractivity contribution in [2.24, 2.45) is 10.1 Å². The highest BCUT2D eigenvalue weighted by molar-refractivity contribution is 7.78. The van der Waals surface area contributed by atoms with Crippen LogP contribution in [0.4, 0.5) is 5.69 Å². The predicted octanol–water partition coefficient (Wildman–Crippen LogP) is 2.47. The van der Waals surface area contributed by atoms with E-state index in [1.807, 2.05) is 0 Å². The molecular formula is C16H19ClN4O3S. The van der Waals surface area contributed by atoms with Crippen molar-refractivity contribution in [1.29, 1.82) is 0 Å². The first-order chi connectivity index (χ1) is 11.8. The van der Waals surface area contributed by atoms with Gasteiger partial charge >= 0.3 is 0 Å². The number of nitrogens with two attached hydrogens (primary N) is 1. The highest BCUT2D eigenvalue weighted by Gasteiger charge is 2.32. The number of benzene rings is 1. The lowest BCUT2D eigenvalue weighted by Crippen LogP contribution is -2.52. The number of rotatable bonds is 8. The monoisotopic (exact) mass is 382 g/mol. The van der Waals surface area contributed by atoms with Crippen molar-refractivity contribution in [3.8, 4) is 0 Å². The first-order valence-electron chi connectivity index (χ1n) is 7.34. The molecule has 1 aromatic carbocycles. The molecule has 7 nitrogen and oxygen atoms in total. The second kappa shape index (κ2) is 9.27. The van der Waals surface area contributed by atoms with Crippen molar-refractivity contribution in [2.45, 2.75) is 25.8 Å². The van der Waals surface area contributed by atoms with E-state index in [1.54, 1.807) is 13.8 Å². The van der Waals surface area contributed by atoms with Gasteiger partial charge in [0.15, 0.2) is 5.78 Å². The van der Waals surface area contributed by atoms with Crippen LogP contribution in [0.25, 0.3) is 0 Å². The summed E-state index contributed by atoms with van der Waals surface area (Å²) in [5.41, 5.74) is 5.69. The molecule has 0 aliphatic carbocycles. The van der Waals surface area contributed by atoms with Gasteiger partial charge in [-0.15, -0.1) is 0 Å². The summed E-state index contributed by atoms with van der Waals surface area (Å²) in [7, 11) is 1.38. The van der Waals surface area contributed by atoms with Crippen LogP contribution in [-0.4, -0.2) is 42.3 Å². The Morgan fingerprint density at radius 3 is 2.76 bits per heavy atom. The maximum absolute atomic E-state index is 12.6. The number of oxime groups is 1. The average molecular weight is 383 g/mol. The molecule has 1 unspecified atom stereocenters. The van der Waals surface area contributed by atoms with Gasteiger partial charge in [0.05, 0.1) is 27.6 Å². The highest BCUT2D eigenvalue weighted by atomic mass is 35.5. The van der Waals surface area contributed by atoms with Crippen LogP contribution in [0.5, 0.6) is 0 Å². The molecule has 0 saturated carbocycles. The molecule has 0 fully saturated rings. The van der Waals surface area contributed by atoms with Crippen molar-refractivity contribution < 1.29 is 14.4 Å². The number of nitrogen functional groups attached to an aromatic ring is 1. The third-order valence-corrected chi connectivity index (χ3v) is 4.16. The van der Waals surface area contributed by atoms with Gasteiger partial charge in [-0.3, -0.25) is 9.59 Å². The molecule has 1 amide bonds. The van der Waals surface area contributed by atoms with Crippen molar-refractivity contribution in [1.82, 2.24) is 5.32 Å². The molecular weight excluding hydrogens is 364 g/mol. The lowest BCUT2D eigenvalue weighted by molar-refractivity contribution is -0.123. The molecule has 0 spiro atoms. The number of carbonyl (C=O) groups excluding carboxylic acids is 2. The van der Waals surface area contributed by atoms with Crippen molar-refractivity contribution in [2.75, 3.05) is 19.4 Å². The molecule has 0 aliphatic rings. The first-order valence-corrected chi connectivity index (χ1v) is 8.12. The van der Waals surface area contributed by atoms with Crippen molar-refractivity contribution in [3.63, 3.8) is 0 Å². The summed E-state index contributed by atoms with van der Waals surface area (Å²) >= 11 is 10.5. The summed E-state index contributed by atoms with van der Waals surface area (Å²) in [5, 5.41) is 8.66. The Balaban J connectivity index is 3.13. The van der Waals surface area contributed by atoms with E-state index in [2.05, 4.69) is 37.7 Å². The molecule has 0 heterocycles. The zero-order chi connectivity index (χ0) is 19.0. The quantitative estimate of drug-likeness (QED) is 0.311. The SMILES string of the molecule is CCC(C)(NC(=O)c1cc(Cl)c(N)c(C=NOC)c1)C(=O)CN=C=S. The van der Waals surface area contributed by atoms with Crippen molar-refractivity contribution >= 4 is 52.6 Å². The normalized spacial score (nSPS) is 13.0. The Morgan fingerprint density at radius 1 is 1.52 bits per heavy atom. The molecule has 25 heavy (non-hydrogen) atoms. The number of isothiocyanates is 1. The van der Waals surface area contributed by atoms with Crippen LogP contribution >= 0.6 is 23.8 Å². The van der Waals surface area contributed by atoms with Crippen LogP contribution in [0.3, 0.4) is 0 Å². The third kappa shape index (κ3) is 5.35. The van der Waals surface area contributed by atoms with Gasteiger partial charge in [0.2, 0.25) is 0 Å². The lowest BCUT2D eigenvalue weighted by atomic mass is 9.92. The molecule has 3 N–H and O–H groups in total. The third-order valence-electron chi connectivity index (χ3n) is 3.72. The molecule has 0 aliphatic heterocycles. The van der Waals surface area contributed by atoms with Gasteiger partial charge in [0.1, 0.15) is 13.7 Å². The molecule has 0 bridgehead atoms. The number of halogens is 1. The molecule has 1 atom stereocenters. The van der Waals surface area contributed by atoms with Crippen LogP contribution in [-0.2, 0) is 9.63 Å². The number of thiocarbonyl (C=S) groups is 1. The molecule has 0 radical (unpaired) electrons. The second-order valence-corrected chi connectivity index (χ2v) is 5.94. The molecule has 1 rings (SSSR count). The number of Topliss-reactive ketones (excluding diaryl/α,β-unsaturated/α-hetero) is 1. The number of hydrogen-bond donors (Lipinski definition) is 2. The first kappa shape index (κ1) is 20.8. The minimum absolute atomic E-state index is 0.150. The molecule has 134 valence electrons. The fourth-order valence-corrected chi connectivity index (χ4v) is 2.23. The smallest absolute Gasteiger partial charge is 0.252 e. The molecule has 1 aromatic rings. The van der Waals surface area contributed by atoms with E-state index in [0.717, 1.165) is 0 Å². The van der Waals surface area contributed by atoms with Crippen LogP contribution in [0, 0.1) is 0 Å². The van der Waals surface area contributed by atoms with Gasteiger partial charge in [0.25, 0.3) is 5.91 Å². The van der Waals surface area contributed by atoms with E-state index in [1.165, 1.54) is 25.5 Å². The highest BCUT2D eigenvalue weighted by Crippen LogP contribution is 2.24. The number of hydrogen-bond acceptors (Lipinski definition) is 7. The molecule has 0 saturated heterocycles. The topological polar surface area (TPSA) is 106 Å². The lowest BCUT2D eigenvalue weighted by Gasteiger charge is -2.27. The second-order valence-electron chi connectivity index (χ2n) is 5.35. The number of anilines is 1. The summed E-state index contributed by atoms with van der Waals surface area (Å²) in [6.45, 7) is 3.26. The Hall–Kier alpha value is -2.28. The maximum Gasteiger partial charge on any atom is 0.252 e. The van der Waals surface area contributed by atoms with Crippen LogP contribution < -0.4 is 11.1 Å². The number of carbonyl (C=O) groups is 2. The summed E-state index contributed by atoms with van der Waals surface area (Å²) in [4.78, 5) is 33.1. The fourth-order valence-electron chi connectivity index (χ4n) is 1.94. The summed E-state index contributed by atoms with van der Waals surface area (Å²) < 4.78 is 0. The Bertz CT molecular complexity index is 747. The van der Waals surface area contributed by atoms with Gasteiger partial charge < -0.3 is 15.9 Å². The number of amides is 1. The summed E-state index contributed by atoms with van der Waals surface area (Å²) in [6, 6.07) is 2.93. The number of ketones is 1. The Labute approximate surface area is 156 Å². The average Bonchev–Trinajstić information content (AvgIpc) is 2.60. The van der Waals surface area contributed by atoms with E-state index < -0.39 is 11.4 Å². The van der Waals surface area contributed by atoms with Crippen molar-refractivity contribution in [3.05, 3.63) is 28.3 Å². The summed E-state index contributed by atoms with van der Waals surface area (Å²) in [5.74, 6) is -0.749. The van der Waals surface area contributed by atoms with E-state index in [-0.39, 0.29) is 28.6 Å². The van der Waals surface area contributed by atoms with Crippen LogP contribution in [0.2, 0.25) is 5.02 Å². The minimum Gasteiger partial charge on any atom is -0.399 e. The van der Waals surface area contributed by atoms with Gasteiger partial charge in [-0.05, 0) is 37.7 Å². The molecule has 9 heteroatoms. The Kier molecular flexibility index (Phi) is 7.70. The fraction of sp³-hybridized carbons (Fsp3) is 0.375. The largest absolute Gasteiger partial charge is 0.399 e. The number of nitrogens with one attached hydrogen (secondary N) is 1. The zero-order valence-corrected chi connectivity index (χ0v) is 15.7. The van der Waals surface area contributed by atoms with Crippen LogP contribution in [0.1, 0.15) is 36.2 Å². The van der Waals surface area contributed by atoms with E-state index in [0.29, 0.717) is 12.0 Å². The Morgan fingerprint density at radius 2 is 2.20 bits per heavy atom. The minimum atomic E-state index is -1.10. The maximum atomic E-state index is 12.6. The predicted molar refractivity (Wildman–Crippen MR) is 102 cm³/mol. The van der Waals surface area contributed by atoms with E-state index >= 15 is 0 Å². The van der Waals surface area contributed by atoms with Gasteiger partial charge in [0, 0.05) is 11.1 Å². The van der Waals surface area contributed by atoms with Gasteiger partial charge in [-0.25, -0.2) is 4.99 Å².